The van der Waals surface area contributed by atoms with Crippen LogP contribution in [0.4, 0.5) is 0 Å². The number of thioether (sulfide) groups is 1. The zero-order chi connectivity index (χ0) is 17.1. The molecule has 1 N–H and O–H groups in total. The third-order valence-corrected chi connectivity index (χ3v) is 4.60. The van der Waals surface area contributed by atoms with Gasteiger partial charge in [-0.15, -0.1) is 0 Å². The van der Waals surface area contributed by atoms with Gasteiger partial charge >= 0.3 is 5.97 Å². The number of ether oxygens (including phenoxy) is 2. The van der Waals surface area contributed by atoms with Crippen LogP contribution in [0.1, 0.15) is 11.1 Å². The Balaban J connectivity index is 2.37. The number of benzene rings is 1. The van der Waals surface area contributed by atoms with Gasteiger partial charge in [-0.1, -0.05) is 24.0 Å². The summed E-state index contributed by atoms with van der Waals surface area (Å²) in [6.45, 7) is 1.44. The van der Waals surface area contributed by atoms with Gasteiger partial charge in [-0.2, -0.15) is 0 Å². The molecule has 2 rings (SSSR count). The van der Waals surface area contributed by atoms with E-state index in [4.69, 9.17) is 26.8 Å². The highest BCUT2D eigenvalue weighted by Crippen LogP contribution is 2.35. The van der Waals surface area contributed by atoms with E-state index in [1.165, 1.54) is 7.11 Å². The van der Waals surface area contributed by atoms with E-state index in [0.29, 0.717) is 16.4 Å². The summed E-state index contributed by atoms with van der Waals surface area (Å²) in [5, 5.41) is 8.84. The number of carboxylic acid groups (broad SMARTS) is 1. The molecule has 0 unspecified atom stereocenters. The smallest absolute Gasteiger partial charge is 0.323 e. The standard InChI is InChI=1S/C15H15NO5S2/c1-8-4-10(20-2)11(21-3)5-9(8)6-12-14(19)16(7-13(17)18)15(22)23-12/h4-6H,7H2,1-3H3,(H,17,18)/b12-6+. The molecule has 1 heterocycles. The van der Waals surface area contributed by atoms with Crippen molar-refractivity contribution in [1.82, 2.24) is 4.90 Å². The lowest BCUT2D eigenvalue weighted by Crippen LogP contribution is -2.33. The molecule has 0 aliphatic carbocycles. The number of aliphatic carboxylic acids is 1. The quantitative estimate of drug-likeness (QED) is 0.643. The van der Waals surface area contributed by atoms with E-state index < -0.39 is 18.4 Å². The monoisotopic (exact) mass is 353 g/mol. The summed E-state index contributed by atoms with van der Waals surface area (Å²) in [6.07, 6.45) is 1.68. The molecule has 122 valence electrons. The normalized spacial score (nSPS) is 16.1. The molecular formula is C15H15NO5S2. The second kappa shape index (κ2) is 7.01. The van der Waals surface area contributed by atoms with E-state index in [1.807, 2.05) is 13.0 Å². The average Bonchev–Trinajstić information content (AvgIpc) is 2.76. The van der Waals surface area contributed by atoms with Crippen molar-refractivity contribution in [2.75, 3.05) is 20.8 Å². The van der Waals surface area contributed by atoms with Crippen LogP contribution in [0.5, 0.6) is 11.5 Å². The molecule has 1 fully saturated rings. The molecule has 0 atom stereocenters. The predicted molar refractivity (Wildman–Crippen MR) is 91.8 cm³/mol. The second-order valence-electron chi connectivity index (χ2n) is 4.73. The Hall–Kier alpha value is -2.06. The van der Waals surface area contributed by atoms with Gasteiger partial charge in [0.2, 0.25) is 0 Å². The van der Waals surface area contributed by atoms with Crippen LogP contribution in [0, 0.1) is 6.92 Å². The van der Waals surface area contributed by atoms with Gasteiger partial charge in [-0.3, -0.25) is 14.5 Å². The van der Waals surface area contributed by atoms with Crippen molar-refractivity contribution in [3.05, 3.63) is 28.2 Å². The molecular weight excluding hydrogens is 338 g/mol. The molecule has 0 bridgehead atoms. The van der Waals surface area contributed by atoms with Crippen molar-refractivity contribution >= 4 is 46.3 Å². The highest BCUT2D eigenvalue weighted by molar-refractivity contribution is 8.26. The maximum Gasteiger partial charge on any atom is 0.323 e. The Labute approximate surface area is 143 Å². The fourth-order valence-electron chi connectivity index (χ4n) is 2.06. The first-order valence-electron chi connectivity index (χ1n) is 6.57. The summed E-state index contributed by atoms with van der Waals surface area (Å²) in [6, 6.07) is 3.57. The lowest BCUT2D eigenvalue weighted by Gasteiger charge is -2.11. The van der Waals surface area contributed by atoms with Crippen LogP contribution in [0.25, 0.3) is 6.08 Å². The molecule has 1 aromatic carbocycles. The molecule has 23 heavy (non-hydrogen) atoms. The lowest BCUT2D eigenvalue weighted by atomic mass is 10.1. The van der Waals surface area contributed by atoms with Gasteiger partial charge in [0.15, 0.2) is 11.5 Å². The van der Waals surface area contributed by atoms with E-state index in [1.54, 1.807) is 19.3 Å². The number of amides is 1. The van der Waals surface area contributed by atoms with Crippen molar-refractivity contribution in [1.29, 1.82) is 0 Å². The SMILES string of the molecule is COc1cc(C)c(/C=C2/SC(=S)N(CC(=O)O)C2=O)cc1OC. The third-order valence-electron chi connectivity index (χ3n) is 3.23. The van der Waals surface area contributed by atoms with Crippen molar-refractivity contribution in [3.8, 4) is 11.5 Å². The van der Waals surface area contributed by atoms with Gasteiger partial charge in [0, 0.05) is 0 Å². The number of nitrogens with zero attached hydrogens (tertiary/aromatic N) is 1. The summed E-state index contributed by atoms with van der Waals surface area (Å²) in [5.41, 5.74) is 1.67. The number of carboxylic acids is 1. The topological polar surface area (TPSA) is 76.1 Å². The Morgan fingerprint density at radius 1 is 1.35 bits per heavy atom. The van der Waals surface area contributed by atoms with Crippen LogP contribution in [0.3, 0.4) is 0 Å². The van der Waals surface area contributed by atoms with E-state index in [2.05, 4.69) is 0 Å². The fraction of sp³-hybridized carbons (Fsp3) is 0.267. The Bertz CT molecular complexity index is 714. The highest BCUT2D eigenvalue weighted by atomic mass is 32.2. The summed E-state index contributed by atoms with van der Waals surface area (Å²) in [7, 11) is 3.08. The van der Waals surface area contributed by atoms with Crippen LogP contribution in [0.2, 0.25) is 0 Å². The molecule has 0 aromatic heterocycles. The van der Waals surface area contributed by atoms with Crippen LogP contribution in [-0.4, -0.2) is 47.0 Å². The van der Waals surface area contributed by atoms with Gasteiger partial charge < -0.3 is 14.6 Å². The number of carbonyl (C=O) groups is 2. The first-order valence-corrected chi connectivity index (χ1v) is 7.79. The van der Waals surface area contributed by atoms with Crippen molar-refractivity contribution < 1.29 is 24.2 Å². The minimum absolute atomic E-state index is 0.238. The van der Waals surface area contributed by atoms with E-state index in [9.17, 15) is 9.59 Å². The van der Waals surface area contributed by atoms with Crippen LogP contribution in [0.15, 0.2) is 17.0 Å². The number of thiocarbonyl (C=S) groups is 1. The molecule has 0 spiro atoms. The summed E-state index contributed by atoms with van der Waals surface area (Å²) in [5.74, 6) is -0.368. The van der Waals surface area contributed by atoms with Crippen LogP contribution < -0.4 is 9.47 Å². The lowest BCUT2D eigenvalue weighted by molar-refractivity contribution is -0.140. The predicted octanol–water partition coefficient (Wildman–Crippen LogP) is 2.30. The summed E-state index contributed by atoms with van der Waals surface area (Å²) in [4.78, 5) is 24.5. The zero-order valence-electron chi connectivity index (χ0n) is 12.8. The first kappa shape index (κ1) is 17.3. The Morgan fingerprint density at radius 3 is 2.52 bits per heavy atom. The number of hydrogen-bond donors (Lipinski definition) is 1. The minimum Gasteiger partial charge on any atom is -0.493 e. The van der Waals surface area contributed by atoms with Crippen LogP contribution >= 0.6 is 24.0 Å². The maximum absolute atomic E-state index is 12.3. The van der Waals surface area contributed by atoms with Gasteiger partial charge in [0.25, 0.3) is 5.91 Å². The molecule has 1 saturated heterocycles. The third kappa shape index (κ3) is 3.65. The number of hydrogen-bond acceptors (Lipinski definition) is 6. The van der Waals surface area contributed by atoms with E-state index in [0.717, 1.165) is 27.8 Å². The maximum atomic E-state index is 12.3. The van der Waals surface area contributed by atoms with Crippen molar-refractivity contribution in [2.24, 2.45) is 0 Å². The molecule has 6 nitrogen and oxygen atoms in total. The molecule has 0 radical (unpaired) electrons. The van der Waals surface area contributed by atoms with Gasteiger partial charge in [-0.25, -0.2) is 0 Å². The summed E-state index contributed by atoms with van der Waals surface area (Å²) < 4.78 is 10.7. The van der Waals surface area contributed by atoms with Gasteiger partial charge in [0.05, 0.1) is 19.1 Å². The number of methoxy groups -OCH3 is 2. The molecule has 1 aliphatic heterocycles. The Morgan fingerprint density at radius 2 is 1.96 bits per heavy atom. The van der Waals surface area contributed by atoms with Gasteiger partial charge in [0.1, 0.15) is 10.9 Å². The highest BCUT2D eigenvalue weighted by Gasteiger charge is 2.33. The Kier molecular flexibility index (Phi) is 5.27. The first-order chi connectivity index (χ1) is 10.9. The second-order valence-corrected chi connectivity index (χ2v) is 6.40. The van der Waals surface area contributed by atoms with E-state index >= 15 is 0 Å². The molecule has 0 saturated carbocycles. The minimum atomic E-state index is -1.11. The molecule has 1 amide bonds. The van der Waals surface area contributed by atoms with Crippen LogP contribution in [-0.2, 0) is 9.59 Å². The van der Waals surface area contributed by atoms with Crippen molar-refractivity contribution in [2.45, 2.75) is 6.92 Å². The number of carbonyl (C=O) groups excluding carboxylic acids is 1. The number of aryl methyl sites for hydroxylation is 1. The number of rotatable bonds is 5. The molecule has 1 aliphatic rings. The largest absolute Gasteiger partial charge is 0.493 e. The molecule has 1 aromatic rings. The molecule has 8 heteroatoms. The zero-order valence-corrected chi connectivity index (χ0v) is 14.4. The van der Waals surface area contributed by atoms with Crippen molar-refractivity contribution in [3.63, 3.8) is 0 Å². The summed E-state index contributed by atoms with van der Waals surface area (Å²) >= 11 is 6.15. The average molecular weight is 353 g/mol. The van der Waals surface area contributed by atoms with E-state index in [-0.39, 0.29) is 4.32 Å². The van der Waals surface area contributed by atoms with Gasteiger partial charge in [-0.05, 0) is 36.3 Å². The fourth-order valence-corrected chi connectivity index (χ4v) is 3.31.